The molecule has 2 aromatic rings. The third kappa shape index (κ3) is 3.06. The zero-order chi connectivity index (χ0) is 17.5. The fraction of sp³-hybridized carbons (Fsp3) is 0.0667. The number of carbonyl (C=O) groups is 2. The van der Waals surface area contributed by atoms with Crippen LogP contribution in [0.2, 0.25) is 5.02 Å². The number of hydrogen-bond acceptors (Lipinski definition) is 4. The van der Waals surface area contributed by atoms with Crippen molar-refractivity contribution in [2.45, 2.75) is 11.3 Å². The molecule has 3 N–H and O–H groups in total. The van der Waals surface area contributed by atoms with E-state index in [0.717, 1.165) is 0 Å². The maximum Gasteiger partial charge on any atom is 0.335 e. The summed E-state index contributed by atoms with van der Waals surface area (Å²) in [6.45, 7) is 0. The Balaban J connectivity index is 1.97. The van der Waals surface area contributed by atoms with Crippen molar-refractivity contribution in [1.82, 2.24) is 0 Å². The summed E-state index contributed by atoms with van der Waals surface area (Å²) in [4.78, 5) is 22.2. The summed E-state index contributed by atoms with van der Waals surface area (Å²) in [5.74, 6) is -1.41. The van der Waals surface area contributed by atoms with Crippen molar-refractivity contribution in [1.29, 1.82) is 0 Å². The van der Waals surface area contributed by atoms with E-state index in [1.54, 1.807) is 0 Å². The molecule has 0 spiro atoms. The molecule has 1 aliphatic rings. The zero-order valence-electron chi connectivity index (χ0n) is 12.0. The van der Waals surface area contributed by atoms with Crippen LogP contribution < -0.4 is 10.0 Å². The normalized spacial score (nSPS) is 13.3. The lowest BCUT2D eigenvalue weighted by molar-refractivity contribution is -0.115. The van der Waals surface area contributed by atoms with Crippen LogP contribution in [-0.4, -0.2) is 25.4 Å². The van der Waals surface area contributed by atoms with Crippen LogP contribution in [0.1, 0.15) is 15.9 Å². The van der Waals surface area contributed by atoms with Crippen LogP contribution in [0.5, 0.6) is 0 Å². The lowest BCUT2D eigenvalue weighted by Gasteiger charge is -2.11. The fourth-order valence-corrected chi connectivity index (χ4v) is 3.99. The van der Waals surface area contributed by atoms with Gasteiger partial charge in [0.2, 0.25) is 5.91 Å². The van der Waals surface area contributed by atoms with Crippen LogP contribution in [0.25, 0.3) is 0 Å². The number of sulfonamides is 1. The van der Waals surface area contributed by atoms with E-state index in [-0.39, 0.29) is 33.5 Å². The number of carboxylic acids is 1. The SMILES string of the molecule is O=C1Cc2cc(S(=O)(=O)Nc3cccc(C(=O)O)c3)c(Cl)cc2N1. The van der Waals surface area contributed by atoms with Gasteiger partial charge in [0.15, 0.2) is 0 Å². The molecule has 0 aliphatic carbocycles. The maximum absolute atomic E-state index is 12.5. The number of halogens is 1. The van der Waals surface area contributed by atoms with E-state index in [9.17, 15) is 18.0 Å². The van der Waals surface area contributed by atoms with Crippen LogP contribution in [0.4, 0.5) is 11.4 Å². The predicted molar refractivity (Wildman–Crippen MR) is 88.0 cm³/mol. The smallest absolute Gasteiger partial charge is 0.335 e. The van der Waals surface area contributed by atoms with E-state index < -0.39 is 16.0 Å². The maximum atomic E-state index is 12.5. The first-order valence-corrected chi connectivity index (χ1v) is 8.61. The van der Waals surface area contributed by atoms with Gasteiger partial charge in [-0.1, -0.05) is 17.7 Å². The Morgan fingerprint density at radius 2 is 2.00 bits per heavy atom. The molecular weight excluding hydrogens is 356 g/mol. The van der Waals surface area contributed by atoms with Crippen molar-refractivity contribution in [3.63, 3.8) is 0 Å². The lowest BCUT2D eigenvalue weighted by Crippen LogP contribution is -2.14. The third-order valence-corrected chi connectivity index (χ3v) is 5.28. The van der Waals surface area contributed by atoms with Gasteiger partial charge in [-0.15, -0.1) is 0 Å². The summed E-state index contributed by atoms with van der Waals surface area (Å²) in [6, 6.07) is 8.11. The highest BCUT2D eigenvalue weighted by Gasteiger charge is 2.25. The van der Waals surface area contributed by atoms with Gasteiger partial charge < -0.3 is 10.4 Å². The second kappa shape index (κ2) is 5.81. The highest BCUT2D eigenvalue weighted by Crippen LogP contribution is 2.33. The highest BCUT2D eigenvalue weighted by atomic mass is 35.5. The Bertz CT molecular complexity index is 972. The van der Waals surface area contributed by atoms with Gasteiger partial charge in [0.25, 0.3) is 10.0 Å². The molecule has 1 amide bonds. The van der Waals surface area contributed by atoms with Crippen molar-refractivity contribution in [3.05, 3.63) is 52.5 Å². The molecule has 0 saturated carbocycles. The molecule has 24 heavy (non-hydrogen) atoms. The second-order valence-corrected chi connectivity index (χ2v) is 7.21. The van der Waals surface area contributed by atoms with E-state index >= 15 is 0 Å². The molecule has 0 unspecified atom stereocenters. The van der Waals surface area contributed by atoms with Gasteiger partial charge in [0, 0.05) is 11.4 Å². The lowest BCUT2D eigenvalue weighted by atomic mass is 10.2. The van der Waals surface area contributed by atoms with E-state index in [1.807, 2.05) is 0 Å². The predicted octanol–water partition coefficient (Wildman–Crippen LogP) is 2.33. The molecule has 1 heterocycles. The zero-order valence-corrected chi connectivity index (χ0v) is 13.6. The van der Waals surface area contributed by atoms with Gasteiger partial charge in [0.05, 0.1) is 17.0 Å². The van der Waals surface area contributed by atoms with Gasteiger partial charge in [-0.25, -0.2) is 13.2 Å². The van der Waals surface area contributed by atoms with Crippen LogP contribution >= 0.6 is 11.6 Å². The molecule has 0 radical (unpaired) electrons. The Kier molecular flexibility index (Phi) is 3.94. The van der Waals surface area contributed by atoms with Crippen LogP contribution in [0, 0.1) is 0 Å². The fourth-order valence-electron chi connectivity index (χ4n) is 2.36. The van der Waals surface area contributed by atoms with Crippen molar-refractivity contribution < 1.29 is 23.1 Å². The molecule has 124 valence electrons. The van der Waals surface area contributed by atoms with Gasteiger partial charge in [-0.05, 0) is 35.9 Å². The summed E-state index contributed by atoms with van der Waals surface area (Å²) in [6.07, 6.45) is 0.0729. The summed E-state index contributed by atoms with van der Waals surface area (Å²) in [5, 5.41) is 11.5. The molecule has 0 saturated heterocycles. The van der Waals surface area contributed by atoms with Gasteiger partial charge in [-0.3, -0.25) is 9.52 Å². The Hall–Kier alpha value is -2.58. The van der Waals surface area contributed by atoms with E-state index in [2.05, 4.69) is 10.0 Å². The number of nitrogens with one attached hydrogen (secondary N) is 2. The molecule has 0 aromatic heterocycles. The number of carbonyl (C=O) groups excluding carboxylic acids is 1. The Morgan fingerprint density at radius 1 is 1.25 bits per heavy atom. The number of hydrogen-bond donors (Lipinski definition) is 3. The quantitative estimate of drug-likeness (QED) is 0.768. The molecule has 1 aliphatic heterocycles. The molecular formula is C15H11ClN2O5S. The monoisotopic (exact) mass is 366 g/mol. The molecule has 2 aromatic carbocycles. The molecule has 0 fully saturated rings. The standard InChI is InChI=1S/C15H11ClN2O5S/c16-11-7-12-9(6-14(19)17-12)5-13(11)24(22,23)18-10-3-1-2-8(4-10)15(20)21/h1-5,7,18H,6H2,(H,17,19)(H,20,21). The molecule has 0 atom stereocenters. The Morgan fingerprint density at radius 3 is 2.71 bits per heavy atom. The molecule has 3 rings (SSSR count). The van der Waals surface area contributed by atoms with Crippen molar-refractivity contribution >= 4 is 44.9 Å². The second-order valence-electron chi connectivity index (χ2n) is 5.16. The molecule has 9 heteroatoms. The average molecular weight is 367 g/mol. The molecule has 7 nitrogen and oxygen atoms in total. The van der Waals surface area contributed by atoms with Gasteiger partial charge >= 0.3 is 5.97 Å². The number of rotatable bonds is 4. The topological polar surface area (TPSA) is 113 Å². The third-order valence-electron chi connectivity index (χ3n) is 3.43. The van der Waals surface area contributed by atoms with E-state index in [0.29, 0.717) is 11.3 Å². The van der Waals surface area contributed by atoms with Crippen LogP contribution in [0.15, 0.2) is 41.3 Å². The van der Waals surface area contributed by atoms with Crippen molar-refractivity contribution in [3.8, 4) is 0 Å². The Labute approximate surface area is 142 Å². The largest absolute Gasteiger partial charge is 0.478 e. The average Bonchev–Trinajstić information content (AvgIpc) is 2.85. The van der Waals surface area contributed by atoms with E-state index in [4.69, 9.17) is 16.7 Å². The van der Waals surface area contributed by atoms with Crippen LogP contribution in [0.3, 0.4) is 0 Å². The summed E-state index contributed by atoms with van der Waals surface area (Å²) in [5.41, 5.74) is 1.06. The number of aromatic carboxylic acids is 1. The number of carboxylic acid groups (broad SMARTS) is 1. The minimum Gasteiger partial charge on any atom is -0.478 e. The first kappa shape index (κ1) is 16.3. The number of fused-ring (bicyclic) bond motifs is 1. The summed E-state index contributed by atoms with van der Waals surface area (Å²) >= 11 is 6.02. The first-order valence-electron chi connectivity index (χ1n) is 6.75. The van der Waals surface area contributed by atoms with Crippen LogP contribution in [-0.2, 0) is 21.2 Å². The summed E-state index contributed by atoms with van der Waals surface area (Å²) < 4.78 is 27.4. The number of anilines is 2. The van der Waals surface area contributed by atoms with Gasteiger partial charge in [-0.2, -0.15) is 0 Å². The number of benzene rings is 2. The van der Waals surface area contributed by atoms with E-state index in [1.165, 1.54) is 36.4 Å². The minimum absolute atomic E-state index is 0.0437. The molecule has 0 bridgehead atoms. The number of amides is 1. The van der Waals surface area contributed by atoms with Crippen molar-refractivity contribution in [2.75, 3.05) is 10.0 Å². The van der Waals surface area contributed by atoms with Crippen molar-refractivity contribution in [2.24, 2.45) is 0 Å². The summed E-state index contributed by atoms with van der Waals surface area (Å²) in [7, 11) is -4.04. The first-order chi connectivity index (χ1) is 11.3. The van der Waals surface area contributed by atoms with Gasteiger partial charge in [0.1, 0.15) is 4.90 Å². The minimum atomic E-state index is -4.04. The highest BCUT2D eigenvalue weighted by molar-refractivity contribution is 7.92.